The summed E-state index contributed by atoms with van der Waals surface area (Å²) in [5.41, 5.74) is 1.08. The number of hydrogen-bond donors (Lipinski definition) is 4. The second kappa shape index (κ2) is 11.0. The van der Waals surface area contributed by atoms with Crippen molar-refractivity contribution < 1.29 is 19.6 Å². The second-order valence-corrected chi connectivity index (χ2v) is 7.74. The molecule has 0 heterocycles. The average Bonchev–Trinajstić information content (AvgIpc) is 2.67. The molecule has 0 aliphatic carbocycles. The van der Waals surface area contributed by atoms with Gasteiger partial charge in [-0.25, -0.2) is 0 Å². The molecule has 0 spiro atoms. The van der Waals surface area contributed by atoms with Gasteiger partial charge in [-0.05, 0) is 36.1 Å². The first-order chi connectivity index (χ1) is 13.8. The van der Waals surface area contributed by atoms with Gasteiger partial charge in [-0.3, -0.25) is 9.59 Å². The summed E-state index contributed by atoms with van der Waals surface area (Å²) in [6, 6.07) is 15.0. The summed E-state index contributed by atoms with van der Waals surface area (Å²) in [6.45, 7) is 3.85. The predicted molar refractivity (Wildman–Crippen MR) is 114 cm³/mol. The SMILES string of the molecule is CC(C)C[C@H](NC(=O)CC(NC(=O)c1ccccc1)c1ccccc1Cl)B(O)O. The van der Waals surface area contributed by atoms with Crippen molar-refractivity contribution in [2.75, 3.05) is 0 Å². The minimum Gasteiger partial charge on any atom is -0.426 e. The number of halogens is 1. The molecule has 29 heavy (non-hydrogen) atoms. The lowest BCUT2D eigenvalue weighted by Crippen LogP contribution is -2.48. The van der Waals surface area contributed by atoms with Crippen molar-refractivity contribution in [3.8, 4) is 0 Å². The molecule has 0 aromatic heterocycles. The lowest BCUT2D eigenvalue weighted by atomic mass is 9.75. The molecule has 1 unspecified atom stereocenters. The molecule has 0 radical (unpaired) electrons. The smallest absolute Gasteiger partial charge is 0.426 e. The Morgan fingerprint density at radius 2 is 1.62 bits per heavy atom. The molecule has 0 saturated carbocycles. The fourth-order valence-electron chi connectivity index (χ4n) is 3.04. The number of carbonyl (C=O) groups excluding carboxylic acids is 2. The van der Waals surface area contributed by atoms with Gasteiger partial charge in [-0.1, -0.05) is 61.8 Å². The van der Waals surface area contributed by atoms with E-state index in [0.29, 0.717) is 22.6 Å². The minimum atomic E-state index is -1.67. The van der Waals surface area contributed by atoms with Crippen LogP contribution in [0.5, 0.6) is 0 Å². The van der Waals surface area contributed by atoms with E-state index in [-0.39, 0.29) is 18.2 Å². The maximum atomic E-state index is 12.6. The molecule has 0 saturated heterocycles. The predicted octanol–water partition coefficient (Wildman–Crippen LogP) is 2.74. The quantitative estimate of drug-likeness (QED) is 0.472. The number of hydrogen-bond acceptors (Lipinski definition) is 4. The van der Waals surface area contributed by atoms with Crippen molar-refractivity contribution >= 4 is 30.5 Å². The Hall–Kier alpha value is -2.35. The van der Waals surface area contributed by atoms with Gasteiger partial charge in [0.25, 0.3) is 5.91 Å². The lowest BCUT2D eigenvalue weighted by molar-refractivity contribution is -0.122. The molecule has 0 bridgehead atoms. The maximum Gasteiger partial charge on any atom is 0.475 e. The standard InChI is InChI=1S/C21H26BClN2O4/c1-14(2)12-19(22(28)29)25-20(26)13-18(16-10-6-7-11-17(16)23)24-21(27)15-8-4-3-5-9-15/h3-11,14,18-19,28-29H,12-13H2,1-2H3,(H,24,27)(H,25,26)/t18?,19-/m0/s1. The summed E-state index contributed by atoms with van der Waals surface area (Å²) in [7, 11) is -1.67. The minimum absolute atomic E-state index is 0.0936. The number of benzene rings is 2. The highest BCUT2D eigenvalue weighted by Crippen LogP contribution is 2.25. The van der Waals surface area contributed by atoms with Gasteiger partial charge in [0.15, 0.2) is 0 Å². The molecular formula is C21H26BClN2O4. The van der Waals surface area contributed by atoms with E-state index in [2.05, 4.69) is 10.6 Å². The van der Waals surface area contributed by atoms with E-state index >= 15 is 0 Å². The van der Waals surface area contributed by atoms with Gasteiger partial charge < -0.3 is 20.7 Å². The molecule has 2 rings (SSSR count). The molecule has 2 amide bonds. The van der Waals surface area contributed by atoms with Crippen LogP contribution in [0.3, 0.4) is 0 Å². The van der Waals surface area contributed by atoms with Crippen LogP contribution in [0.2, 0.25) is 5.02 Å². The van der Waals surface area contributed by atoms with Crippen LogP contribution in [-0.2, 0) is 4.79 Å². The molecule has 154 valence electrons. The summed E-state index contributed by atoms with van der Waals surface area (Å²) in [4.78, 5) is 25.3. The van der Waals surface area contributed by atoms with Gasteiger partial charge in [0, 0.05) is 10.6 Å². The monoisotopic (exact) mass is 416 g/mol. The number of nitrogens with one attached hydrogen (secondary N) is 2. The van der Waals surface area contributed by atoms with Gasteiger partial charge in [0.1, 0.15) is 0 Å². The fourth-order valence-corrected chi connectivity index (χ4v) is 3.31. The first-order valence-corrected chi connectivity index (χ1v) is 9.91. The van der Waals surface area contributed by atoms with E-state index < -0.39 is 25.0 Å². The number of rotatable bonds is 9. The summed E-state index contributed by atoms with van der Waals surface area (Å²) >= 11 is 6.29. The zero-order valence-corrected chi connectivity index (χ0v) is 17.3. The molecule has 0 aliphatic heterocycles. The Morgan fingerprint density at radius 3 is 2.21 bits per heavy atom. The highest BCUT2D eigenvalue weighted by Gasteiger charge is 2.28. The van der Waals surface area contributed by atoms with Gasteiger partial charge in [-0.15, -0.1) is 0 Å². The fraction of sp³-hybridized carbons (Fsp3) is 0.333. The Kier molecular flexibility index (Phi) is 8.70. The first kappa shape index (κ1) is 22.9. The zero-order valence-electron chi connectivity index (χ0n) is 16.5. The molecule has 6 nitrogen and oxygen atoms in total. The van der Waals surface area contributed by atoms with Crippen molar-refractivity contribution in [2.24, 2.45) is 5.92 Å². The van der Waals surface area contributed by atoms with Crippen molar-refractivity contribution in [1.29, 1.82) is 0 Å². The van der Waals surface area contributed by atoms with E-state index in [0.717, 1.165) is 0 Å². The Labute approximate surface area is 176 Å². The molecular weight excluding hydrogens is 391 g/mol. The molecule has 8 heteroatoms. The van der Waals surface area contributed by atoms with E-state index in [1.807, 2.05) is 19.9 Å². The van der Waals surface area contributed by atoms with Crippen LogP contribution in [0.25, 0.3) is 0 Å². The van der Waals surface area contributed by atoms with Gasteiger partial charge in [-0.2, -0.15) is 0 Å². The summed E-state index contributed by atoms with van der Waals surface area (Å²) < 4.78 is 0. The average molecular weight is 417 g/mol. The van der Waals surface area contributed by atoms with Crippen LogP contribution < -0.4 is 10.6 Å². The van der Waals surface area contributed by atoms with Crippen molar-refractivity contribution in [3.05, 3.63) is 70.7 Å². The highest BCUT2D eigenvalue weighted by atomic mass is 35.5. The van der Waals surface area contributed by atoms with Gasteiger partial charge in [0.2, 0.25) is 5.91 Å². The van der Waals surface area contributed by atoms with Crippen molar-refractivity contribution in [3.63, 3.8) is 0 Å². The Morgan fingerprint density at radius 1 is 1.00 bits per heavy atom. The number of carbonyl (C=O) groups is 2. The Bertz CT molecular complexity index is 817. The van der Waals surface area contributed by atoms with Crippen LogP contribution in [0.15, 0.2) is 54.6 Å². The van der Waals surface area contributed by atoms with E-state index in [9.17, 15) is 19.6 Å². The summed E-state index contributed by atoms with van der Waals surface area (Å²) in [6.07, 6.45) is 0.320. The van der Waals surface area contributed by atoms with Crippen LogP contribution in [0, 0.1) is 5.92 Å². The largest absolute Gasteiger partial charge is 0.475 e. The normalized spacial score (nSPS) is 12.9. The molecule has 2 aromatic carbocycles. The van der Waals surface area contributed by atoms with Gasteiger partial charge in [0.05, 0.1) is 18.4 Å². The molecule has 2 atom stereocenters. The van der Waals surface area contributed by atoms with Crippen LogP contribution in [0.4, 0.5) is 0 Å². The third-order valence-electron chi connectivity index (χ3n) is 4.44. The van der Waals surface area contributed by atoms with E-state index in [1.165, 1.54) is 0 Å². The molecule has 4 N–H and O–H groups in total. The lowest BCUT2D eigenvalue weighted by Gasteiger charge is -2.23. The zero-order chi connectivity index (χ0) is 21.4. The molecule has 0 aliphatic rings. The number of amides is 2. The van der Waals surface area contributed by atoms with Crippen LogP contribution >= 0.6 is 11.6 Å². The topological polar surface area (TPSA) is 98.7 Å². The highest BCUT2D eigenvalue weighted by molar-refractivity contribution is 6.43. The Balaban J connectivity index is 2.18. The maximum absolute atomic E-state index is 12.6. The van der Waals surface area contributed by atoms with Gasteiger partial charge >= 0.3 is 7.12 Å². The molecule has 0 fully saturated rings. The van der Waals surface area contributed by atoms with Crippen molar-refractivity contribution in [1.82, 2.24) is 10.6 Å². The third kappa shape index (κ3) is 7.20. The van der Waals surface area contributed by atoms with Crippen LogP contribution in [0.1, 0.15) is 48.7 Å². The van der Waals surface area contributed by atoms with Crippen molar-refractivity contribution in [2.45, 2.75) is 38.7 Å². The van der Waals surface area contributed by atoms with E-state index in [4.69, 9.17) is 11.6 Å². The van der Waals surface area contributed by atoms with Crippen LogP contribution in [-0.4, -0.2) is 34.9 Å². The first-order valence-electron chi connectivity index (χ1n) is 9.53. The third-order valence-corrected chi connectivity index (χ3v) is 4.79. The van der Waals surface area contributed by atoms with E-state index in [1.54, 1.807) is 48.5 Å². The molecule has 2 aromatic rings. The second-order valence-electron chi connectivity index (χ2n) is 7.33. The summed E-state index contributed by atoms with van der Waals surface area (Å²) in [5.74, 6) is -1.37. The summed E-state index contributed by atoms with van der Waals surface area (Å²) in [5, 5.41) is 25.0.